The van der Waals surface area contributed by atoms with Crippen LogP contribution in [0.25, 0.3) is 27.7 Å². The molecule has 0 bridgehead atoms. The lowest BCUT2D eigenvalue weighted by molar-refractivity contribution is -0.126. The van der Waals surface area contributed by atoms with Crippen molar-refractivity contribution in [3.05, 3.63) is 88.1 Å². The predicted octanol–water partition coefficient (Wildman–Crippen LogP) is 5.16. The van der Waals surface area contributed by atoms with Gasteiger partial charge in [0.05, 0.1) is 21.9 Å². The molecule has 1 saturated heterocycles. The first kappa shape index (κ1) is 29.6. The van der Waals surface area contributed by atoms with E-state index in [4.69, 9.17) is 11.6 Å². The lowest BCUT2D eigenvalue weighted by Crippen LogP contribution is -2.54. The maximum absolute atomic E-state index is 15.9. The summed E-state index contributed by atoms with van der Waals surface area (Å²) in [5.41, 5.74) is -0.119. The molecule has 1 aliphatic rings. The van der Waals surface area contributed by atoms with Crippen LogP contribution in [-0.2, 0) is 9.36 Å². The molecule has 4 aromatic rings. The summed E-state index contributed by atoms with van der Waals surface area (Å²) in [5, 5.41) is 0.667. The Kier molecular flexibility index (Phi) is 7.81. The number of amides is 1. The van der Waals surface area contributed by atoms with E-state index in [2.05, 4.69) is 16.5 Å². The van der Waals surface area contributed by atoms with Crippen molar-refractivity contribution >= 4 is 46.7 Å². The number of nitrogens with zero attached hydrogens (tertiary/aromatic N) is 5. The number of anilines is 1. The Morgan fingerprint density at radius 3 is 2.55 bits per heavy atom. The van der Waals surface area contributed by atoms with Gasteiger partial charge in [-0.15, -0.1) is 0 Å². The van der Waals surface area contributed by atoms with Gasteiger partial charge >= 0.3 is 5.69 Å². The molecule has 12 heteroatoms. The van der Waals surface area contributed by atoms with Crippen LogP contribution in [0.4, 0.5) is 14.6 Å². The number of carbonyl (C=O) groups is 1. The van der Waals surface area contributed by atoms with Gasteiger partial charge in [0.25, 0.3) is 0 Å². The Balaban J connectivity index is 1.86. The van der Waals surface area contributed by atoms with Gasteiger partial charge in [-0.2, -0.15) is 4.98 Å². The van der Waals surface area contributed by atoms with Crippen LogP contribution in [-0.4, -0.2) is 64.3 Å². The molecule has 3 heterocycles. The molecule has 0 saturated carbocycles. The van der Waals surface area contributed by atoms with Crippen LogP contribution in [0.1, 0.15) is 12.6 Å². The Bertz CT molecular complexity index is 1850. The van der Waals surface area contributed by atoms with E-state index >= 15 is 8.78 Å². The number of hydrogen-bond donors (Lipinski definition) is 0. The second kappa shape index (κ2) is 11.1. The number of carbonyl (C=O) groups excluding carboxylic acids is 1. The zero-order valence-corrected chi connectivity index (χ0v) is 25.2. The van der Waals surface area contributed by atoms with Gasteiger partial charge in [0, 0.05) is 53.7 Å². The lowest BCUT2D eigenvalue weighted by atomic mass is 10.0. The number of aryl methyl sites for hydroxylation is 1. The van der Waals surface area contributed by atoms with Gasteiger partial charge in [-0.25, -0.2) is 13.6 Å². The molecule has 1 fully saturated rings. The van der Waals surface area contributed by atoms with Crippen molar-refractivity contribution in [3.63, 3.8) is 0 Å². The van der Waals surface area contributed by atoms with Crippen LogP contribution >= 0.6 is 18.7 Å². The van der Waals surface area contributed by atoms with Crippen molar-refractivity contribution in [2.45, 2.75) is 19.9 Å². The lowest BCUT2D eigenvalue weighted by Gasteiger charge is -2.40. The topological polar surface area (TPSA) is 88.4 Å². The fourth-order valence-electron chi connectivity index (χ4n) is 5.47. The van der Waals surface area contributed by atoms with Gasteiger partial charge in [-0.1, -0.05) is 24.2 Å². The molecule has 0 N–H and O–H groups in total. The van der Waals surface area contributed by atoms with E-state index in [0.29, 0.717) is 30.6 Å². The van der Waals surface area contributed by atoms with Crippen molar-refractivity contribution in [2.75, 3.05) is 37.9 Å². The molecule has 2 aromatic heterocycles. The third-order valence-corrected chi connectivity index (χ3v) is 9.30. The number of rotatable bonds is 5. The summed E-state index contributed by atoms with van der Waals surface area (Å²) in [4.78, 5) is 38.4. The SMILES string of the molecule is C=CC(=O)N1CCN(c2nc(=O)n(-c3c(P(C)(C)=O)ccnc3C)c3cc(-c4c(F)cccc4Cl)c(F)cc23)[C@@H](C)C1. The molecule has 0 unspecified atom stereocenters. The Hall–Kier alpha value is -3.88. The highest BCUT2D eigenvalue weighted by atomic mass is 35.5. The Labute approximate surface area is 246 Å². The maximum Gasteiger partial charge on any atom is 0.354 e. The van der Waals surface area contributed by atoms with Crippen LogP contribution in [0.15, 0.2) is 60.0 Å². The summed E-state index contributed by atoms with van der Waals surface area (Å²) in [6.45, 7) is 11.3. The van der Waals surface area contributed by atoms with Crippen molar-refractivity contribution < 1.29 is 18.1 Å². The average molecular weight is 612 g/mol. The summed E-state index contributed by atoms with van der Waals surface area (Å²) >= 11 is 6.33. The quantitative estimate of drug-likeness (QED) is 0.229. The monoisotopic (exact) mass is 611 g/mol. The van der Waals surface area contributed by atoms with Gasteiger partial charge in [-0.3, -0.25) is 14.3 Å². The standard InChI is InChI=1S/C30H29ClF2N5O3P/c1-6-26(39)36-12-13-37(17(2)16-36)29-20-14-23(33)19(27-21(31)8-7-9-22(27)32)15-24(20)38(30(40)35-29)28-18(3)34-11-10-25(28)42(4,5)41/h6-11,14-15,17H,1,12-13,16H2,2-5H3/t17-/m0/s1. The highest BCUT2D eigenvalue weighted by Gasteiger charge is 2.31. The molecule has 5 rings (SSSR count). The van der Waals surface area contributed by atoms with E-state index in [1.165, 1.54) is 47.2 Å². The molecule has 42 heavy (non-hydrogen) atoms. The van der Waals surface area contributed by atoms with Crippen molar-refractivity contribution in [1.29, 1.82) is 0 Å². The summed E-state index contributed by atoms with van der Waals surface area (Å²) in [6.07, 6.45) is 2.76. The molecule has 218 valence electrons. The van der Waals surface area contributed by atoms with Gasteiger partial charge in [-0.05, 0) is 63.6 Å². The molecular formula is C30H29ClF2N5O3P. The smallest absolute Gasteiger partial charge is 0.350 e. The maximum atomic E-state index is 15.9. The minimum Gasteiger partial charge on any atom is -0.350 e. The average Bonchev–Trinajstić information content (AvgIpc) is 2.92. The van der Waals surface area contributed by atoms with E-state index < -0.39 is 24.5 Å². The second-order valence-corrected chi connectivity index (χ2v) is 14.2. The first-order chi connectivity index (χ1) is 19.8. The van der Waals surface area contributed by atoms with Crippen LogP contribution < -0.4 is 15.9 Å². The van der Waals surface area contributed by atoms with E-state index in [0.717, 1.165) is 0 Å². The summed E-state index contributed by atoms with van der Waals surface area (Å²) in [7, 11) is -2.95. The van der Waals surface area contributed by atoms with Gasteiger partial charge in [0.2, 0.25) is 5.91 Å². The minimum atomic E-state index is -2.95. The summed E-state index contributed by atoms with van der Waals surface area (Å²) in [5.74, 6) is -1.50. The van der Waals surface area contributed by atoms with Gasteiger partial charge in [0.15, 0.2) is 0 Å². The zero-order chi connectivity index (χ0) is 30.5. The number of benzene rings is 2. The van der Waals surface area contributed by atoms with Gasteiger partial charge < -0.3 is 14.4 Å². The van der Waals surface area contributed by atoms with E-state index in [-0.39, 0.29) is 50.5 Å². The number of fused-ring (bicyclic) bond motifs is 1. The van der Waals surface area contributed by atoms with E-state index in [1.807, 2.05) is 11.8 Å². The minimum absolute atomic E-state index is 0.00192. The van der Waals surface area contributed by atoms with Crippen LogP contribution in [0.5, 0.6) is 0 Å². The third kappa shape index (κ3) is 5.14. The largest absolute Gasteiger partial charge is 0.354 e. The number of halogens is 3. The number of pyridine rings is 1. The molecule has 1 aliphatic heterocycles. The molecule has 0 radical (unpaired) electrons. The molecule has 1 atom stereocenters. The van der Waals surface area contributed by atoms with Crippen molar-refractivity contribution in [2.24, 2.45) is 0 Å². The fourth-order valence-corrected chi connectivity index (χ4v) is 6.93. The highest BCUT2D eigenvalue weighted by molar-refractivity contribution is 7.70. The highest BCUT2D eigenvalue weighted by Crippen LogP contribution is 2.40. The summed E-state index contributed by atoms with van der Waals surface area (Å²) in [6, 6.07) is 7.94. The van der Waals surface area contributed by atoms with E-state index in [1.54, 1.807) is 31.2 Å². The van der Waals surface area contributed by atoms with Crippen molar-refractivity contribution in [1.82, 2.24) is 19.4 Å². The Morgan fingerprint density at radius 2 is 1.90 bits per heavy atom. The van der Waals surface area contributed by atoms with Crippen LogP contribution in [0.3, 0.4) is 0 Å². The van der Waals surface area contributed by atoms with Gasteiger partial charge in [0.1, 0.15) is 24.6 Å². The fraction of sp³-hybridized carbons (Fsp3) is 0.267. The van der Waals surface area contributed by atoms with Crippen LogP contribution in [0.2, 0.25) is 5.02 Å². The first-order valence-electron chi connectivity index (χ1n) is 13.2. The molecule has 1 amide bonds. The molecule has 0 spiro atoms. The second-order valence-electron chi connectivity index (χ2n) is 10.6. The first-order valence-corrected chi connectivity index (χ1v) is 16.2. The molecule has 0 aliphatic carbocycles. The molecular weight excluding hydrogens is 583 g/mol. The normalized spacial score (nSPS) is 15.7. The van der Waals surface area contributed by atoms with Crippen molar-refractivity contribution in [3.8, 4) is 16.8 Å². The third-order valence-electron chi connectivity index (χ3n) is 7.47. The number of hydrogen-bond acceptors (Lipinski definition) is 6. The molecule has 8 nitrogen and oxygen atoms in total. The summed E-state index contributed by atoms with van der Waals surface area (Å²) < 4.78 is 45.6. The van der Waals surface area contributed by atoms with Crippen LogP contribution in [0, 0.1) is 18.6 Å². The number of piperazine rings is 1. The molecule has 2 aromatic carbocycles. The Morgan fingerprint density at radius 1 is 1.17 bits per heavy atom. The zero-order valence-electron chi connectivity index (χ0n) is 23.6. The van der Waals surface area contributed by atoms with E-state index in [9.17, 15) is 14.2 Å². The predicted molar refractivity (Wildman–Crippen MR) is 163 cm³/mol. The number of aromatic nitrogens is 3.